The topological polar surface area (TPSA) is 63.6 Å². The number of nitrogens with two attached hydrogens (primary N) is 1. The predicted molar refractivity (Wildman–Crippen MR) is 98.7 cm³/mol. The van der Waals surface area contributed by atoms with Gasteiger partial charge in [-0.05, 0) is 49.7 Å². The fourth-order valence-electron chi connectivity index (χ4n) is 3.35. The van der Waals surface area contributed by atoms with Crippen molar-refractivity contribution in [1.82, 2.24) is 14.5 Å². The predicted octanol–water partition coefficient (Wildman–Crippen LogP) is 3.35. The molecule has 25 heavy (non-hydrogen) atoms. The first-order valence-corrected chi connectivity index (χ1v) is 8.79. The quantitative estimate of drug-likeness (QED) is 0.781. The minimum atomic E-state index is -0.549. The highest BCUT2D eigenvalue weighted by atomic mass is 35.5. The summed E-state index contributed by atoms with van der Waals surface area (Å²) in [7, 11) is 0. The van der Waals surface area contributed by atoms with Crippen molar-refractivity contribution in [3.63, 3.8) is 0 Å². The second kappa shape index (κ2) is 6.50. The third kappa shape index (κ3) is 3.13. The van der Waals surface area contributed by atoms with Crippen LogP contribution in [0.1, 0.15) is 28.9 Å². The third-order valence-electron chi connectivity index (χ3n) is 4.68. The average Bonchev–Trinajstić information content (AvgIpc) is 3.23. The number of carbonyl (C=O) groups is 1. The lowest BCUT2D eigenvalue weighted by atomic mass is 10.1. The standard InChI is InChI=1S/C19H19ClN4O/c20-15-11-18(19(21)25)24-17(15)8-7-16(22-24)14-5-3-13(4-6-14)12-23-9-1-2-10-23/h3-8,11H,1-2,9-10,12H2,(H2,21,25). The van der Waals surface area contributed by atoms with Crippen molar-refractivity contribution >= 4 is 23.0 Å². The van der Waals surface area contributed by atoms with Crippen molar-refractivity contribution in [2.75, 3.05) is 13.1 Å². The molecule has 1 saturated heterocycles. The maximum absolute atomic E-state index is 11.6. The Kier molecular flexibility index (Phi) is 4.19. The summed E-state index contributed by atoms with van der Waals surface area (Å²) in [6.45, 7) is 3.36. The molecule has 5 nitrogen and oxygen atoms in total. The molecule has 0 atom stereocenters. The van der Waals surface area contributed by atoms with E-state index < -0.39 is 5.91 Å². The Morgan fingerprint density at radius 1 is 1.12 bits per heavy atom. The molecule has 2 aromatic heterocycles. The molecule has 1 aliphatic rings. The summed E-state index contributed by atoms with van der Waals surface area (Å²) in [6, 6.07) is 13.7. The number of hydrogen-bond donors (Lipinski definition) is 1. The Labute approximate surface area is 151 Å². The fraction of sp³-hybridized carbons (Fsp3) is 0.263. The summed E-state index contributed by atoms with van der Waals surface area (Å²) < 4.78 is 1.51. The molecule has 0 saturated carbocycles. The molecule has 2 N–H and O–H groups in total. The summed E-state index contributed by atoms with van der Waals surface area (Å²) in [5.74, 6) is -0.549. The summed E-state index contributed by atoms with van der Waals surface area (Å²) in [6.07, 6.45) is 2.59. The molecular weight excluding hydrogens is 336 g/mol. The van der Waals surface area contributed by atoms with Crippen LogP contribution in [0, 0.1) is 0 Å². The van der Waals surface area contributed by atoms with Crippen LogP contribution in [0.25, 0.3) is 16.8 Å². The van der Waals surface area contributed by atoms with E-state index in [0.29, 0.717) is 10.5 Å². The van der Waals surface area contributed by atoms with E-state index in [9.17, 15) is 4.79 Å². The van der Waals surface area contributed by atoms with Crippen LogP contribution < -0.4 is 5.73 Å². The lowest BCUT2D eigenvalue weighted by Crippen LogP contribution is -2.18. The largest absolute Gasteiger partial charge is 0.364 e. The van der Waals surface area contributed by atoms with Crippen molar-refractivity contribution in [3.8, 4) is 11.3 Å². The molecule has 1 aromatic carbocycles. The van der Waals surface area contributed by atoms with Gasteiger partial charge in [0.1, 0.15) is 5.69 Å². The zero-order valence-electron chi connectivity index (χ0n) is 13.8. The number of carbonyl (C=O) groups excluding carboxylic acids is 1. The Bertz CT molecular complexity index is 926. The summed E-state index contributed by atoms with van der Waals surface area (Å²) >= 11 is 6.15. The second-order valence-corrected chi connectivity index (χ2v) is 6.84. The fourth-order valence-corrected chi connectivity index (χ4v) is 3.60. The molecule has 6 heteroatoms. The highest BCUT2D eigenvalue weighted by Gasteiger charge is 2.14. The van der Waals surface area contributed by atoms with Crippen LogP contribution in [0.2, 0.25) is 5.02 Å². The lowest BCUT2D eigenvalue weighted by Gasteiger charge is -2.14. The van der Waals surface area contributed by atoms with Gasteiger partial charge in [0.25, 0.3) is 5.91 Å². The number of primary amides is 1. The molecule has 128 valence electrons. The van der Waals surface area contributed by atoms with E-state index in [-0.39, 0.29) is 5.69 Å². The Hall–Kier alpha value is -2.37. The van der Waals surface area contributed by atoms with Gasteiger partial charge in [-0.25, -0.2) is 4.52 Å². The first kappa shape index (κ1) is 16.1. The number of halogens is 1. The highest BCUT2D eigenvalue weighted by Crippen LogP contribution is 2.25. The highest BCUT2D eigenvalue weighted by molar-refractivity contribution is 6.34. The Morgan fingerprint density at radius 3 is 2.52 bits per heavy atom. The molecule has 0 spiro atoms. The molecule has 3 aromatic rings. The number of likely N-dealkylation sites (tertiary alicyclic amines) is 1. The molecule has 0 bridgehead atoms. The smallest absolute Gasteiger partial charge is 0.267 e. The molecule has 0 aliphatic carbocycles. The normalized spacial score (nSPS) is 15.1. The van der Waals surface area contributed by atoms with Crippen molar-refractivity contribution in [2.45, 2.75) is 19.4 Å². The van der Waals surface area contributed by atoms with Gasteiger partial charge >= 0.3 is 0 Å². The van der Waals surface area contributed by atoms with Crippen molar-refractivity contribution < 1.29 is 4.79 Å². The second-order valence-electron chi connectivity index (χ2n) is 6.44. The number of amides is 1. The van der Waals surface area contributed by atoms with Gasteiger partial charge in [-0.2, -0.15) is 5.10 Å². The van der Waals surface area contributed by atoms with E-state index >= 15 is 0 Å². The first-order chi connectivity index (χ1) is 12.1. The maximum atomic E-state index is 11.6. The van der Waals surface area contributed by atoms with E-state index in [4.69, 9.17) is 17.3 Å². The SMILES string of the molecule is NC(=O)c1cc(Cl)c2ccc(-c3ccc(CN4CCCC4)cc3)nn12. The van der Waals surface area contributed by atoms with Gasteiger partial charge in [0, 0.05) is 12.1 Å². The van der Waals surface area contributed by atoms with Gasteiger partial charge in [-0.1, -0.05) is 35.9 Å². The lowest BCUT2D eigenvalue weighted by molar-refractivity contribution is 0.0994. The Morgan fingerprint density at radius 2 is 1.84 bits per heavy atom. The minimum absolute atomic E-state index is 0.285. The van der Waals surface area contributed by atoms with Crippen LogP contribution in [0.4, 0.5) is 0 Å². The van der Waals surface area contributed by atoms with Gasteiger partial charge in [0.15, 0.2) is 0 Å². The molecule has 0 unspecified atom stereocenters. The third-order valence-corrected chi connectivity index (χ3v) is 4.98. The molecule has 4 rings (SSSR count). The number of hydrogen-bond acceptors (Lipinski definition) is 3. The molecule has 1 fully saturated rings. The number of nitrogens with zero attached hydrogens (tertiary/aromatic N) is 3. The van der Waals surface area contributed by atoms with Crippen molar-refractivity contribution in [1.29, 1.82) is 0 Å². The zero-order chi connectivity index (χ0) is 17.4. The molecule has 0 radical (unpaired) electrons. The van der Waals surface area contributed by atoms with Crippen molar-refractivity contribution in [3.05, 3.63) is 58.7 Å². The van der Waals surface area contributed by atoms with Crippen LogP contribution >= 0.6 is 11.6 Å². The monoisotopic (exact) mass is 354 g/mol. The average molecular weight is 355 g/mol. The van der Waals surface area contributed by atoms with Crippen LogP contribution in [-0.2, 0) is 6.54 Å². The molecule has 3 heterocycles. The van der Waals surface area contributed by atoms with Crippen LogP contribution in [0.15, 0.2) is 42.5 Å². The maximum Gasteiger partial charge on any atom is 0.267 e. The number of fused-ring (bicyclic) bond motifs is 1. The minimum Gasteiger partial charge on any atom is -0.364 e. The molecule has 1 amide bonds. The van der Waals surface area contributed by atoms with E-state index in [1.165, 1.54) is 36.0 Å². The van der Waals surface area contributed by atoms with Crippen molar-refractivity contribution in [2.24, 2.45) is 5.73 Å². The number of benzene rings is 1. The van der Waals surface area contributed by atoms with Crippen LogP contribution in [-0.4, -0.2) is 33.5 Å². The van der Waals surface area contributed by atoms with E-state index in [2.05, 4.69) is 34.3 Å². The van der Waals surface area contributed by atoms with E-state index in [0.717, 1.165) is 17.8 Å². The first-order valence-electron chi connectivity index (χ1n) is 8.41. The number of aromatic nitrogens is 2. The van der Waals surface area contributed by atoms with E-state index in [1.807, 2.05) is 12.1 Å². The van der Waals surface area contributed by atoms with Gasteiger partial charge in [0.05, 0.1) is 16.2 Å². The van der Waals surface area contributed by atoms with Gasteiger partial charge in [-0.15, -0.1) is 0 Å². The number of rotatable bonds is 4. The van der Waals surface area contributed by atoms with Crippen LogP contribution in [0.3, 0.4) is 0 Å². The summed E-state index contributed by atoms with van der Waals surface area (Å²) in [5.41, 5.74) is 9.44. The van der Waals surface area contributed by atoms with E-state index in [1.54, 1.807) is 6.07 Å². The van der Waals surface area contributed by atoms with Gasteiger partial charge in [-0.3, -0.25) is 9.69 Å². The molecule has 1 aliphatic heterocycles. The summed E-state index contributed by atoms with van der Waals surface area (Å²) in [5, 5.41) is 5.01. The van der Waals surface area contributed by atoms with Gasteiger partial charge in [0.2, 0.25) is 0 Å². The zero-order valence-corrected chi connectivity index (χ0v) is 14.5. The summed E-state index contributed by atoms with van der Waals surface area (Å²) in [4.78, 5) is 14.1. The Balaban J connectivity index is 1.64. The van der Waals surface area contributed by atoms with Crippen LogP contribution in [0.5, 0.6) is 0 Å². The van der Waals surface area contributed by atoms with Gasteiger partial charge < -0.3 is 5.73 Å². The molecular formula is C19H19ClN4O.